The van der Waals surface area contributed by atoms with Gasteiger partial charge in [-0.25, -0.2) is 19.2 Å². The molecule has 0 radical (unpaired) electrons. The van der Waals surface area contributed by atoms with Crippen LogP contribution < -0.4 is 16.0 Å². The number of nitrogen functional groups attached to an aromatic ring is 1. The van der Waals surface area contributed by atoms with E-state index in [-0.39, 0.29) is 4.90 Å². The van der Waals surface area contributed by atoms with Gasteiger partial charge >= 0.3 is 0 Å². The minimum atomic E-state index is -3.69. The number of ether oxygens (including phenoxy) is 1. The fraction of sp³-hybridized carbons (Fsp3) is 0.154. The highest BCUT2D eigenvalue weighted by molar-refractivity contribution is 7.92. The number of aromatic nitrogens is 1. The number of benzene rings is 1. The van der Waals surface area contributed by atoms with Crippen LogP contribution in [0.1, 0.15) is 5.56 Å². The van der Waals surface area contributed by atoms with Crippen molar-refractivity contribution >= 4 is 21.5 Å². The average Bonchev–Trinajstić information content (AvgIpc) is 2.47. The molecule has 2 rings (SSSR count). The lowest BCUT2D eigenvalue weighted by Crippen LogP contribution is -2.14. The molecule has 1 aromatic carbocycles. The standard InChI is InChI=1S/C13H16N4O3S/c1-20-9-10-3-2-4-11(7-10)17-21(18,19)12-5-6-13(16-14)15-8-12/h2-8,17H,9,14H2,1H3,(H,15,16). The second-order valence-electron chi connectivity index (χ2n) is 4.26. The molecular weight excluding hydrogens is 292 g/mol. The zero-order valence-corrected chi connectivity index (χ0v) is 12.2. The van der Waals surface area contributed by atoms with Crippen LogP contribution in [0.5, 0.6) is 0 Å². The van der Waals surface area contributed by atoms with Crippen LogP contribution in [0, 0.1) is 0 Å². The molecule has 0 saturated heterocycles. The number of nitrogens with zero attached hydrogens (tertiary/aromatic N) is 1. The number of rotatable bonds is 6. The number of methoxy groups -OCH3 is 1. The molecule has 0 atom stereocenters. The highest BCUT2D eigenvalue weighted by atomic mass is 32.2. The number of pyridine rings is 1. The summed E-state index contributed by atoms with van der Waals surface area (Å²) in [5, 5.41) is 0. The summed E-state index contributed by atoms with van der Waals surface area (Å²) in [5.74, 6) is 5.57. The number of nitrogens with one attached hydrogen (secondary N) is 2. The lowest BCUT2D eigenvalue weighted by Gasteiger charge is -2.09. The highest BCUT2D eigenvalue weighted by Crippen LogP contribution is 2.17. The quantitative estimate of drug-likeness (QED) is 0.549. The van der Waals surface area contributed by atoms with Gasteiger partial charge in [-0.05, 0) is 29.8 Å². The number of hydrazine groups is 1. The number of anilines is 2. The Balaban J connectivity index is 2.21. The van der Waals surface area contributed by atoms with E-state index in [1.807, 2.05) is 6.07 Å². The van der Waals surface area contributed by atoms with E-state index in [0.29, 0.717) is 18.1 Å². The van der Waals surface area contributed by atoms with Gasteiger partial charge in [0.1, 0.15) is 10.7 Å². The molecule has 1 aromatic heterocycles. The molecule has 2 aromatic rings. The summed E-state index contributed by atoms with van der Waals surface area (Å²) < 4.78 is 32.0. The van der Waals surface area contributed by atoms with Crippen molar-refractivity contribution < 1.29 is 13.2 Å². The molecule has 4 N–H and O–H groups in total. The minimum absolute atomic E-state index is 0.0543. The zero-order chi connectivity index (χ0) is 15.3. The van der Waals surface area contributed by atoms with Gasteiger partial charge in [0, 0.05) is 19.0 Å². The average molecular weight is 308 g/mol. The smallest absolute Gasteiger partial charge is 0.263 e. The van der Waals surface area contributed by atoms with Crippen molar-refractivity contribution in [1.82, 2.24) is 4.98 Å². The summed E-state index contributed by atoms with van der Waals surface area (Å²) in [4.78, 5) is 3.93. The highest BCUT2D eigenvalue weighted by Gasteiger charge is 2.14. The fourth-order valence-electron chi connectivity index (χ4n) is 1.73. The molecule has 0 unspecified atom stereocenters. The van der Waals surface area contributed by atoms with Crippen molar-refractivity contribution in [3.63, 3.8) is 0 Å². The van der Waals surface area contributed by atoms with E-state index >= 15 is 0 Å². The fourth-order valence-corrected chi connectivity index (χ4v) is 2.72. The molecular formula is C13H16N4O3S. The Morgan fingerprint density at radius 3 is 2.71 bits per heavy atom. The lowest BCUT2D eigenvalue weighted by atomic mass is 10.2. The normalized spacial score (nSPS) is 11.1. The summed E-state index contributed by atoms with van der Waals surface area (Å²) >= 11 is 0. The molecule has 0 saturated carbocycles. The Bertz CT molecular complexity index is 702. The third-order valence-electron chi connectivity index (χ3n) is 2.68. The van der Waals surface area contributed by atoms with Crippen molar-refractivity contribution in [3.05, 3.63) is 48.2 Å². The predicted molar refractivity (Wildman–Crippen MR) is 80.0 cm³/mol. The number of sulfonamides is 1. The SMILES string of the molecule is COCc1cccc(NS(=O)(=O)c2ccc(NN)nc2)c1. The monoisotopic (exact) mass is 308 g/mol. The van der Waals surface area contributed by atoms with Gasteiger partial charge in [0.25, 0.3) is 10.0 Å². The van der Waals surface area contributed by atoms with Crippen molar-refractivity contribution in [1.29, 1.82) is 0 Å². The summed E-state index contributed by atoms with van der Waals surface area (Å²) in [6.45, 7) is 0.411. The summed E-state index contributed by atoms with van der Waals surface area (Å²) in [7, 11) is -2.11. The first-order valence-electron chi connectivity index (χ1n) is 6.08. The minimum Gasteiger partial charge on any atom is -0.380 e. The van der Waals surface area contributed by atoms with Crippen LogP contribution in [0.15, 0.2) is 47.5 Å². The Hall–Kier alpha value is -2.16. The first-order valence-corrected chi connectivity index (χ1v) is 7.57. The van der Waals surface area contributed by atoms with Gasteiger partial charge in [-0.15, -0.1) is 0 Å². The second kappa shape index (κ2) is 6.53. The van der Waals surface area contributed by atoms with Crippen LogP contribution in [0.25, 0.3) is 0 Å². The summed E-state index contributed by atoms with van der Waals surface area (Å²) in [5.41, 5.74) is 3.67. The third-order valence-corrected chi connectivity index (χ3v) is 4.05. The van der Waals surface area contributed by atoms with E-state index in [2.05, 4.69) is 15.1 Å². The van der Waals surface area contributed by atoms with E-state index in [0.717, 1.165) is 5.56 Å². The van der Waals surface area contributed by atoms with Crippen molar-refractivity contribution in [3.8, 4) is 0 Å². The van der Waals surface area contributed by atoms with E-state index in [4.69, 9.17) is 10.6 Å². The lowest BCUT2D eigenvalue weighted by molar-refractivity contribution is 0.185. The van der Waals surface area contributed by atoms with Crippen molar-refractivity contribution in [2.45, 2.75) is 11.5 Å². The largest absolute Gasteiger partial charge is 0.380 e. The Morgan fingerprint density at radius 1 is 1.29 bits per heavy atom. The summed E-state index contributed by atoms with van der Waals surface area (Å²) in [6.07, 6.45) is 1.23. The molecule has 21 heavy (non-hydrogen) atoms. The maximum absolute atomic E-state index is 12.2. The maximum Gasteiger partial charge on any atom is 0.263 e. The van der Waals surface area contributed by atoms with Gasteiger partial charge < -0.3 is 10.2 Å². The molecule has 0 spiro atoms. The van der Waals surface area contributed by atoms with Crippen LogP contribution in [0.4, 0.5) is 11.5 Å². The van der Waals surface area contributed by atoms with Gasteiger partial charge in [0.05, 0.1) is 6.61 Å². The molecule has 0 bridgehead atoms. The number of hydrogen-bond donors (Lipinski definition) is 3. The first kappa shape index (κ1) is 15.2. The van der Waals surface area contributed by atoms with Crippen LogP contribution in [-0.2, 0) is 21.4 Å². The van der Waals surface area contributed by atoms with E-state index < -0.39 is 10.0 Å². The molecule has 7 nitrogen and oxygen atoms in total. The molecule has 8 heteroatoms. The summed E-state index contributed by atoms with van der Waals surface area (Å²) in [6, 6.07) is 9.89. The van der Waals surface area contributed by atoms with Gasteiger partial charge in [-0.1, -0.05) is 12.1 Å². The van der Waals surface area contributed by atoms with Gasteiger partial charge in [0.2, 0.25) is 0 Å². The molecule has 0 aliphatic heterocycles. The van der Waals surface area contributed by atoms with Crippen LogP contribution >= 0.6 is 0 Å². The first-order chi connectivity index (χ1) is 10.0. The van der Waals surface area contributed by atoms with Crippen molar-refractivity contribution in [2.75, 3.05) is 17.3 Å². The van der Waals surface area contributed by atoms with Crippen LogP contribution in [-0.4, -0.2) is 20.5 Å². The van der Waals surface area contributed by atoms with Crippen LogP contribution in [0.3, 0.4) is 0 Å². The Labute approximate surface area is 123 Å². The molecule has 0 amide bonds. The van der Waals surface area contributed by atoms with Gasteiger partial charge in [-0.3, -0.25) is 4.72 Å². The van der Waals surface area contributed by atoms with E-state index in [9.17, 15) is 8.42 Å². The predicted octanol–water partition coefficient (Wildman–Crippen LogP) is 1.31. The Morgan fingerprint density at radius 2 is 2.10 bits per heavy atom. The van der Waals surface area contributed by atoms with E-state index in [1.165, 1.54) is 18.3 Å². The third kappa shape index (κ3) is 3.91. The topological polar surface area (TPSA) is 106 Å². The second-order valence-corrected chi connectivity index (χ2v) is 5.94. The Kier molecular flexibility index (Phi) is 4.73. The van der Waals surface area contributed by atoms with E-state index in [1.54, 1.807) is 25.3 Å². The zero-order valence-electron chi connectivity index (χ0n) is 11.4. The molecule has 1 heterocycles. The maximum atomic E-state index is 12.2. The number of nitrogens with two attached hydrogens (primary N) is 1. The van der Waals surface area contributed by atoms with Gasteiger partial charge in [0.15, 0.2) is 0 Å². The molecule has 0 aliphatic carbocycles. The molecule has 0 fully saturated rings. The number of hydrogen-bond acceptors (Lipinski definition) is 6. The molecule has 112 valence electrons. The van der Waals surface area contributed by atoms with Crippen molar-refractivity contribution in [2.24, 2.45) is 5.84 Å². The van der Waals surface area contributed by atoms with Gasteiger partial charge in [-0.2, -0.15) is 0 Å². The van der Waals surface area contributed by atoms with Crippen LogP contribution in [0.2, 0.25) is 0 Å². The molecule has 0 aliphatic rings.